The van der Waals surface area contributed by atoms with Crippen molar-refractivity contribution in [2.75, 3.05) is 6.54 Å². The van der Waals surface area contributed by atoms with Gasteiger partial charge < -0.3 is 5.32 Å². The SMILES string of the molecule is C=CCCC(C)NCC(=C)C. The number of hydrogen-bond acceptors (Lipinski definition) is 1. The van der Waals surface area contributed by atoms with E-state index in [1.54, 1.807) is 0 Å². The summed E-state index contributed by atoms with van der Waals surface area (Å²) < 4.78 is 0. The third kappa shape index (κ3) is 7.34. The lowest BCUT2D eigenvalue weighted by Gasteiger charge is -2.11. The van der Waals surface area contributed by atoms with Crippen LogP contribution in [-0.4, -0.2) is 12.6 Å². The Morgan fingerprint density at radius 3 is 2.73 bits per heavy atom. The lowest BCUT2D eigenvalue weighted by atomic mass is 10.2. The molecule has 0 aliphatic heterocycles. The fourth-order valence-corrected chi connectivity index (χ4v) is 0.818. The highest BCUT2D eigenvalue weighted by molar-refractivity contribution is 4.91. The average Bonchev–Trinajstić information content (AvgIpc) is 1.97. The molecule has 1 N–H and O–H groups in total. The van der Waals surface area contributed by atoms with Gasteiger partial charge in [0.2, 0.25) is 0 Å². The van der Waals surface area contributed by atoms with Crippen LogP contribution in [0.1, 0.15) is 26.7 Å². The molecule has 1 atom stereocenters. The zero-order valence-electron chi connectivity index (χ0n) is 7.69. The molecule has 0 radical (unpaired) electrons. The molecule has 1 heteroatoms. The van der Waals surface area contributed by atoms with Gasteiger partial charge in [0.1, 0.15) is 0 Å². The second-order valence-electron chi connectivity index (χ2n) is 3.11. The van der Waals surface area contributed by atoms with Crippen LogP contribution in [0.5, 0.6) is 0 Å². The fourth-order valence-electron chi connectivity index (χ4n) is 0.818. The van der Waals surface area contributed by atoms with Crippen LogP contribution in [0.25, 0.3) is 0 Å². The molecule has 0 saturated carbocycles. The summed E-state index contributed by atoms with van der Waals surface area (Å²) in [5, 5.41) is 3.37. The molecule has 0 heterocycles. The minimum atomic E-state index is 0.574. The van der Waals surface area contributed by atoms with Crippen LogP contribution in [0.3, 0.4) is 0 Å². The van der Waals surface area contributed by atoms with Crippen LogP contribution >= 0.6 is 0 Å². The summed E-state index contributed by atoms with van der Waals surface area (Å²) in [5.41, 5.74) is 1.19. The molecule has 11 heavy (non-hydrogen) atoms. The lowest BCUT2D eigenvalue weighted by Crippen LogP contribution is -2.27. The van der Waals surface area contributed by atoms with Crippen LogP contribution < -0.4 is 5.32 Å². The molecule has 0 aromatic heterocycles. The first kappa shape index (κ1) is 10.4. The van der Waals surface area contributed by atoms with Crippen molar-refractivity contribution in [3.05, 3.63) is 24.8 Å². The Morgan fingerprint density at radius 2 is 2.27 bits per heavy atom. The van der Waals surface area contributed by atoms with E-state index in [4.69, 9.17) is 0 Å². The number of rotatable bonds is 6. The summed E-state index contributed by atoms with van der Waals surface area (Å²) in [4.78, 5) is 0. The molecule has 1 unspecified atom stereocenters. The van der Waals surface area contributed by atoms with Crippen molar-refractivity contribution >= 4 is 0 Å². The highest BCUT2D eigenvalue weighted by Gasteiger charge is 1.97. The van der Waals surface area contributed by atoms with Gasteiger partial charge in [-0.15, -0.1) is 6.58 Å². The van der Waals surface area contributed by atoms with Crippen molar-refractivity contribution in [1.29, 1.82) is 0 Å². The Morgan fingerprint density at radius 1 is 1.64 bits per heavy atom. The monoisotopic (exact) mass is 153 g/mol. The molecule has 0 amide bonds. The largest absolute Gasteiger partial charge is 0.311 e. The molecule has 0 fully saturated rings. The summed E-state index contributed by atoms with van der Waals surface area (Å²) >= 11 is 0. The van der Waals surface area contributed by atoms with Crippen LogP contribution in [-0.2, 0) is 0 Å². The van der Waals surface area contributed by atoms with Crippen LogP contribution in [0, 0.1) is 0 Å². The van der Waals surface area contributed by atoms with Gasteiger partial charge in [-0.25, -0.2) is 0 Å². The van der Waals surface area contributed by atoms with Gasteiger partial charge in [0, 0.05) is 12.6 Å². The van der Waals surface area contributed by atoms with Crippen molar-refractivity contribution in [3.63, 3.8) is 0 Å². The van der Waals surface area contributed by atoms with E-state index in [0.717, 1.165) is 19.4 Å². The highest BCUT2D eigenvalue weighted by atomic mass is 14.9. The molecule has 0 rings (SSSR count). The zero-order valence-corrected chi connectivity index (χ0v) is 7.69. The highest BCUT2D eigenvalue weighted by Crippen LogP contribution is 1.96. The maximum atomic E-state index is 3.82. The van der Waals surface area contributed by atoms with E-state index in [1.165, 1.54) is 5.57 Å². The maximum Gasteiger partial charge on any atom is 0.0161 e. The average molecular weight is 153 g/mol. The summed E-state index contributed by atoms with van der Waals surface area (Å²) in [6.07, 6.45) is 4.21. The molecule has 0 saturated heterocycles. The third-order valence-corrected chi connectivity index (χ3v) is 1.56. The third-order valence-electron chi connectivity index (χ3n) is 1.56. The molecule has 0 aromatic rings. The molecule has 1 nitrogen and oxygen atoms in total. The summed E-state index contributed by atoms with van der Waals surface area (Å²) in [5.74, 6) is 0. The summed E-state index contributed by atoms with van der Waals surface area (Å²) in [6, 6.07) is 0.574. The van der Waals surface area contributed by atoms with Gasteiger partial charge in [-0.05, 0) is 26.7 Å². The van der Waals surface area contributed by atoms with E-state index in [9.17, 15) is 0 Å². The van der Waals surface area contributed by atoms with Gasteiger partial charge in [-0.3, -0.25) is 0 Å². The minimum absolute atomic E-state index is 0.574. The predicted molar refractivity (Wildman–Crippen MR) is 51.7 cm³/mol. The van der Waals surface area contributed by atoms with Crippen molar-refractivity contribution in [3.8, 4) is 0 Å². The Hall–Kier alpha value is -0.560. The first-order chi connectivity index (χ1) is 5.16. The van der Waals surface area contributed by atoms with E-state index in [0.29, 0.717) is 6.04 Å². The smallest absolute Gasteiger partial charge is 0.0161 e. The number of allylic oxidation sites excluding steroid dienone is 1. The van der Waals surface area contributed by atoms with Gasteiger partial charge in [0.25, 0.3) is 0 Å². The molecular formula is C10H19N. The van der Waals surface area contributed by atoms with Gasteiger partial charge >= 0.3 is 0 Å². The van der Waals surface area contributed by atoms with Crippen LogP contribution in [0.2, 0.25) is 0 Å². The summed E-state index contributed by atoms with van der Waals surface area (Å²) in [6.45, 7) is 12.7. The van der Waals surface area contributed by atoms with Gasteiger partial charge in [-0.1, -0.05) is 18.2 Å². The van der Waals surface area contributed by atoms with E-state index in [2.05, 4.69) is 25.4 Å². The zero-order chi connectivity index (χ0) is 8.69. The fraction of sp³-hybridized carbons (Fsp3) is 0.600. The topological polar surface area (TPSA) is 12.0 Å². The van der Waals surface area contributed by atoms with Crippen molar-refractivity contribution < 1.29 is 0 Å². The van der Waals surface area contributed by atoms with Crippen molar-refractivity contribution in [2.24, 2.45) is 0 Å². The van der Waals surface area contributed by atoms with E-state index in [-0.39, 0.29) is 0 Å². The van der Waals surface area contributed by atoms with Crippen LogP contribution in [0.15, 0.2) is 24.8 Å². The molecule has 64 valence electrons. The molecule has 0 bridgehead atoms. The molecule has 0 aromatic carbocycles. The van der Waals surface area contributed by atoms with Gasteiger partial charge in [0.15, 0.2) is 0 Å². The second kappa shape index (κ2) is 6.17. The molecular weight excluding hydrogens is 134 g/mol. The first-order valence-corrected chi connectivity index (χ1v) is 4.15. The van der Waals surface area contributed by atoms with E-state index >= 15 is 0 Å². The Bertz CT molecular complexity index is 127. The Labute approximate surface area is 70.2 Å². The minimum Gasteiger partial charge on any atom is -0.311 e. The quantitative estimate of drug-likeness (QED) is 0.578. The number of nitrogens with one attached hydrogen (secondary N) is 1. The van der Waals surface area contributed by atoms with Crippen molar-refractivity contribution in [1.82, 2.24) is 5.32 Å². The molecule has 0 aliphatic rings. The van der Waals surface area contributed by atoms with Crippen LogP contribution in [0.4, 0.5) is 0 Å². The van der Waals surface area contributed by atoms with Crippen molar-refractivity contribution in [2.45, 2.75) is 32.7 Å². The van der Waals surface area contributed by atoms with Gasteiger partial charge in [-0.2, -0.15) is 0 Å². The second-order valence-corrected chi connectivity index (χ2v) is 3.11. The Kier molecular flexibility index (Phi) is 5.86. The summed E-state index contributed by atoms with van der Waals surface area (Å²) in [7, 11) is 0. The standard InChI is InChI=1S/C10H19N/c1-5-6-7-10(4)11-8-9(2)3/h5,10-11H,1-2,6-8H2,3-4H3. The predicted octanol–water partition coefficient (Wildman–Crippen LogP) is 2.51. The van der Waals surface area contributed by atoms with Gasteiger partial charge in [0.05, 0.1) is 0 Å². The Balaban J connectivity index is 3.28. The first-order valence-electron chi connectivity index (χ1n) is 4.15. The van der Waals surface area contributed by atoms with E-state index in [1.807, 2.05) is 13.0 Å². The molecule has 0 aliphatic carbocycles. The lowest BCUT2D eigenvalue weighted by molar-refractivity contribution is 0.541. The molecule has 0 spiro atoms. The number of hydrogen-bond donors (Lipinski definition) is 1. The maximum absolute atomic E-state index is 3.82. The normalized spacial score (nSPS) is 12.5. The van der Waals surface area contributed by atoms with E-state index < -0.39 is 0 Å².